The van der Waals surface area contributed by atoms with E-state index < -0.39 is 0 Å². The molecule has 1 fully saturated rings. The van der Waals surface area contributed by atoms with Gasteiger partial charge in [0.2, 0.25) is 0 Å². The van der Waals surface area contributed by atoms with E-state index in [9.17, 15) is 0 Å². The van der Waals surface area contributed by atoms with Gasteiger partial charge >= 0.3 is 0 Å². The van der Waals surface area contributed by atoms with E-state index in [2.05, 4.69) is 24.6 Å². The molecule has 0 aliphatic heterocycles. The molecule has 2 aliphatic rings. The molecule has 0 aromatic heterocycles. The zero-order chi connectivity index (χ0) is 7.14. The summed E-state index contributed by atoms with van der Waals surface area (Å²) in [5.41, 5.74) is 3.36. The van der Waals surface area contributed by atoms with Crippen molar-refractivity contribution < 1.29 is 0 Å². The van der Waals surface area contributed by atoms with Gasteiger partial charge in [-0.3, -0.25) is 0 Å². The summed E-state index contributed by atoms with van der Waals surface area (Å²) in [6.07, 6.45) is 4.69. The van der Waals surface area contributed by atoms with Crippen LogP contribution in [0.3, 0.4) is 0 Å². The Labute approximate surface area is 61.1 Å². The Kier molecular flexibility index (Phi) is 1.01. The normalized spacial score (nSPS) is 23.8. The van der Waals surface area contributed by atoms with E-state index in [1.54, 1.807) is 0 Å². The average Bonchev–Trinajstić information content (AvgIpc) is 2.70. The Balaban J connectivity index is 2.00. The predicted molar refractivity (Wildman–Crippen MR) is 42.5 cm³/mol. The fraction of sp³-hybridized carbons (Fsp3) is 0.333. The lowest BCUT2D eigenvalue weighted by Gasteiger charge is -2.21. The molecule has 0 bridgehead atoms. The number of hydrogen-bond acceptors (Lipinski definition) is 1. The molecule has 0 spiro atoms. The van der Waals surface area contributed by atoms with Gasteiger partial charge in [0, 0.05) is 11.7 Å². The highest BCUT2D eigenvalue weighted by molar-refractivity contribution is 5.60. The van der Waals surface area contributed by atoms with Crippen LogP contribution in [-0.2, 0) is 0 Å². The van der Waals surface area contributed by atoms with Crippen molar-refractivity contribution in [2.24, 2.45) is 0 Å². The minimum absolute atomic E-state index is 0.732. The largest absolute Gasteiger partial charge is 0.382 e. The Morgan fingerprint density at radius 1 is 1.40 bits per heavy atom. The second-order valence-electron chi connectivity index (χ2n) is 2.98. The molecule has 1 nitrogen and oxygen atoms in total. The van der Waals surface area contributed by atoms with E-state index in [0.717, 1.165) is 17.2 Å². The van der Waals surface area contributed by atoms with Gasteiger partial charge in [-0.2, -0.15) is 0 Å². The molecule has 0 aromatic rings. The summed E-state index contributed by atoms with van der Waals surface area (Å²) in [7, 11) is 0. The molecule has 0 amide bonds. The van der Waals surface area contributed by atoms with Gasteiger partial charge in [-0.15, -0.1) is 0 Å². The van der Waals surface area contributed by atoms with Crippen molar-refractivity contribution in [1.29, 1.82) is 0 Å². The highest BCUT2D eigenvalue weighted by atomic mass is 15.0. The first kappa shape index (κ1) is 5.78. The summed E-state index contributed by atoms with van der Waals surface area (Å²) in [6, 6.07) is 0.732. The third kappa shape index (κ3) is 0.783. The van der Waals surface area contributed by atoms with Crippen LogP contribution in [-0.4, -0.2) is 6.04 Å². The van der Waals surface area contributed by atoms with Crippen LogP contribution in [0.1, 0.15) is 12.8 Å². The molecule has 0 unspecified atom stereocenters. The molecule has 2 rings (SSSR count). The molecular weight excluding hydrogens is 122 g/mol. The van der Waals surface area contributed by atoms with E-state index in [0.29, 0.717) is 0 Å². The van der Waals surface area contributed by atoms with Crippen molar-refractivity contribution in [1.82, 2.24) is 5.32 Å². The van der Waals surface area contributed by atoms with Crippen LogP contribution < -0.4 is 5.32 Å². The highest BCUT2D eigenvalue weighted by Crippen LogP contribution is 2.30. The van der Waals surface area contributed by atoms with Crippen LogP contribution >= 0.6 is 0 Å². The molecule has 0 saturated heterocycles. The Morgan fingerprint density at radius 2 is 2.10 bits per heavy atom. The van der Waals surface area contributed by atoms with Crippen LogP contribution in [0, 0.1) is 0 Å². The van der Waals surface area contributed by atoms with Gasteiger partial charge in [0.1, 0.15) is 0 Å². The maximum Gasteiger partial charge on any atom is 0.0421 e. The highest BCUT2D eigenvalue weighted by Gasteiger charge is 2.25. The number of nitrogens with one attached hydrogen (secondary N) is 1. The summed E-state index contributed by atoms with van der Waals surface area (Å²) in [6.45, 7) is 7.68. The topological polar surface area (TPSA) is 12.0 Å². The fourth-order valence-corrected chi connectivity index (χ4v) is 1.02. The van der Waals surface area contributed by atoms with Gasteiger partial charge < -0.3 is 5.32 Å². The number of hydrogen-bond donors (Lipinski definition) is 1. The van der Waals surface area contributed by atoms with Crippen LogP contribution in [0.15, 0.2) is 36.1 Å². The molecule has 0 heterocycles. The lowest BCUT2D eigenvalue weighted by atomic mass is 9.94. The van der Waals surface area contributed by atoms with Gasteiger partial charge in [-0.05, 0) is 30.1 Å². The Morgan fingerprint density at radius 3 is 2.50 bits per heavy atom. The summed E-state index contributed by atoms with van der Waals surface area (Å²) < 4.78 is 0. The second kappa shape index (κ2) is 1.75. The third-order valence-electron chi connectivity index (χ3n) is 1.97. The molecule has 0 atom stereocenters. The molecule has 10 heavy (non-hydrogen) atoms. The standard InChI is InChI=1S/C9H11N/c1-6-5-9(7(6)2)10-8-3-4-8/h5,8,10H,1-4H2. The summed E-state index contributed by atoms with van der Waals surface area (Å²) in [4.78, 5) is 0. The first-order valence-corrected chi connectivity index (χ1v) is 3.64. The average molecular weight is 133 g/mol. The Hall–Kier alpha value is -0.980. The molecule has 52 valence electrons. The smallest absolute Gasteiger partial charge is 0.0421 e. The second-order valence-corrected chi connectivity index (χ2v) is 2.98. The van der Waals surface area contributed by atoms with Crippen molar-refractivity contribution in [3.63, 3.8) is 0 Å². The van der Waals surface area contributed by atoms with Gasteiger partial charge in [0.25, 0.3) is 0 Å². The van der Waals surface area contributed by atoms with E-state index in [-0.39, 0.29) is 0 Å². The summed E-state index contributed by atoms with van der Waals surface area (Å²) in [5.74, 6) is 0. The van der Waals surface area contributed by atoms with E-state index in [4.69, 9.17) is 0 Å². The quantitative estimate of drug-likeness (QED) is 0.605. The molecule has 0 radical (unpaired) electrons. The molecular formula is C9H11N. The van der Waals surface area contributed by atoms with Gasteiger partial charge in [-0.25, -0.2) is 0 Å². The summed E-state index contributed by atoms with van der Waals surface area (Å²) in [5, 5.41) is 3.37. The summed E-state index contributed by atoms with van der Waals surface area (Å²) >= 11 is 0. The minimum Gasteiger partial charge on any atom is -0.382 e. The van der Waals surface area contributed by atoms with Crippen molar-refractivity contribution >= 4 is 0 Å². The third-order valence-corrected chi connectivity index (χ3v) is 1.97. The van der Waals surface area contributed by atoms with Crippen molar-refractivity contribution in [3.05, 3.63) is 36.1 Å². The van der Waals surface area contributed by atoms with Gasteiger partial charge in [0.05, 0.1) is 0 Å². The molecule has 1 N–H and O–H groups in total. The zero-order valence-electron chi connectivity index (χ0n) is 5.98. The first-order valence-electron chi connectivity index (χ1n) is 3.64. The number of allylic oxidation sites excluding steroid dienone is 2. The van der Waals surface area contributed by atoms with Crippen molar-refractivity contribution in [2.45, 2.75) is 18.9 Å². The fourth-order valence-electron chi connectivity index (χ4n) is 1.02. The van der Waals surface area contributed by atoms with Crippen molar-refractivity contribution in [3.8, 4) is 0 Å². The van der Waals surface area contributed by atoms with E-state index in [1.807, 2.05) is 0 Å². The maximum atomic E-state index is 3.87. The molecule has 1 heteroatoms. The van der Waals surface area contributed by atoms with Crippen LogP contribution in [0.2, 0.25) is 0 Å². The van der Waals surface area contributed by atoms with Crippen LogP contribution in [0.25, 0.3) is 0 Å². The Bertz CT molecular complexity index is 231. The van der Waals surface area contributed by atoms with Gasteiger partial charge in [-0.1, -0.05) is 13.2 Å². The lowest BCUT2D eigenvalue weighted by molar-refractivity contribution is 0.803. The SMILES string of the molecule is C=C1C=C(NC2CC2)C1=C. The van der Waals surface area contributed by atoms with Crippen molar-refractivity contribution in [2.75, 3.05) is 0 Å². The molecule has 2 aliphatic carbocycles. The first-order chi connectivity index (χ1) is 4.77. The van der Waals surface area contributed by atoms with E-state index in [1.165, 1.54) is 18.5 Å². The zero-order valence-corrected chi connectivity index (χ0v) is 5.98. The van der Waals surface area contributed by atoms with Gasteiger partial charge in [0.15, 0.2) is 0 Å². The maximum absolute atomic E-state index is 3.87. The van der Waals surface area contributed by atoms with E-state index >= 15 is 0 Å². The number of rotatable bonds is 2. The van der Waals surface area contributed by atoms with Crippen LogP contribution in [0.5, 0.6) is 0 Å². The van der Waals surface area contributed by atoms with Crippen LogP contribution in [0.4, 0.5) is 0 Å². The monoisotopic (exact) mass is 133 g/mol. The molecule has 0 aromatic carbocycles. The predicted octanol–water partition coefficient (Wildman–Crippen LogP) is 1.75. The minimum atomic E-state index is 0.732. The lowest BCUT2D eigenvalue weighted by Crippen LogP contribution is -2.22. The molecule has 1 saturated carbocycles.